The van der Waals surface area contributed by atoms with Gasteiger partial charge in [0.2, 0.25) is 0 Å². The van der Waals surface area contributed by atoms with Gasteiger partial charge in [0, 0.05) is 5.56 Å². The molecule has 2 aliphatic rings. The van der Waals surface area contributed by atoms with Gasteiger partial charge < -0.3 is 0 Å². The van der Waals surface area contributed by atoms with Gasteiger partial charge in [-0.1, -0.05) is 35.9 Å². The number of fused-ring (bicyclic) bond motifs is 1. The summed E-state index contributed by atoms with van der Waals surface area (Å²) in [6.45, 7) is 1.69. The maximum absolute atomic E-state index is 14.2. The Morgan fingerprint density at radius 3 is 2.49 bits per heavy atom. The topological polar surface area (TPSA) is 60.7 Å². The molecule has 0 radical (unpaired) electrons. The number of carbonyl (C=O) groups excluding carboxylic acids is 1. The molecular formula is C27H17F5N4O. The SMILES string of the molecule is Cc1ccc(-c2ccc(Cn3cc4nc(-c5cccc(F)c5F)nc-4cn3)c(C=O)c2)c(C(F)(F)F)c1. The number of imidazole rings is 1. The molecule has 2 aliphatic heterocycles. The van der Waals surface area contributed by atoms with Gasteiger partial charge in [0.05, 0.1) is 30.1 Å². The molecule has 186 valence electrons. The third-order valence-corrected chi connectivity index (χ3v) is 5.90. The molecule has 0 saturated carbocycles. The average Bonchev–Trinajstić information content (AvgIpc) is 3.28. The van der Waals surface area contributed by atoms with Crippen molar-refractivity contribution in [2.24, 2.45) is 0 Å². The number of benzene rings is 3. The molecule has 0 unspecified atom stereocenters. The molecule has 0 atom stereocenters. The fourth-order valence-electron chi connectivity index (χ4n) is 4.08. The van der Waals surface area contributed by atoms with Crippen LogP contribution in [0.1, 0.15) is 27.0 Å². The first-order chi connectivity index (χ1) is 17.6. The van der Waals surface area contributed by atoms with E-state index in [1.54, 1.807) is 19.1 Å². The molecule has 5 nitrogen and oxygen atoms in total. The Labute approximate surface area is 207 Å². The summed E-state index contributed by atoms with van der Waals surface area (Å²) in [5.74, 6) is -2.07. The molecule has 0 aromatic heterocycles. The monoisotopic (exact) mass is 508 g/mol. The number of alkyl halides is 3. The van der Waals surface area contributed by atoms with Gasteiger partial charge in [-0.2, -0.15) is 18.3 Å². The van der Waals surface area contributed by atoms with Crippen molar-refractivity contribution >= 4 is 6.29 Å². The van der Waals surface area contributed by atoms with Crippen LogP contribution in [0.15, 0.2) is 67.0 Å². The van der Waals surface area contributed by atoms with Crippen LogP contribution >= 0.6 is 0 Å². The van der Waals surface area contributed by atoms with E-state index < -0.39 is 23.4 Å². The molecule has 0 amide bonds. The molecule has 3 aromatic rings. The number of carbonyl (C=O) groups is 1. The summed E-state index contributed by atoms with van der Waals surface area (Å²) in [6, 6.07) is 12.3. The number of aromatic nitrogens is 4. The lowest BCUT2D eigenvalue weighted by molar-refractivity contribution is -0.137. The van der Waals surface area contributed by atoms with E-state index in [1.165, 1.54) is 47.4 Å². The van der Waals surface area contributed by atoms with Crippen LogP contribution in [0.4, 0.5) is 22.0 Å². The van der Waals surface area contributed by atoms with Gasteiger partial charge in [0.1, 0.15) is 17.7 Å². The predicted molar refractivity (Wildman–Crippen MR) is 126 cm³/mol. The second kappa shape index (κ2) is 9.20. The highest BCUT2D eigenvalue weighted by Crippen LogP contribution is 2.38. The van der Waals surface area contributed by atoms with E-state index in [1.807, 2.05) is 0 Å². The van der Waals surface area contributed by atoms with Crippen molar-refractivity contribution in [1.82, 2.24) is 19.7 Å². The zero-order chi connectivity index (χ0) is 26.3. The third-order valence-electron chi connectivity index (χ3n) is 5.90. The van der Waals surface area contributed by atoms with Gasteiger partial charge in [0.15, 0.2) is 17.5 Å². The first kappa shape index (κ1) is 24.2. The second-order valence-electron chi connectivity index (χ2n) is 8.47. The second-order valence-corrected chi connectivity index (χ2v) is 8.47. The van der Waals surface area contributed by atoms with Crippen LogP contribution in [-0.4, -0.2) is 26.0 Å². The maximum atomic E-state index is 14.2. The highest BCUT2D eigenvalue weighted by atomic mass is 19.4. The minimum atomic E-state index is -4.55. The summed E-state index contributed by atoms with van der Waals surface area (Å²) < 4.78 is 70.1. The van der Waals surface area contributed by atoms with Crippen molar-refractivity contribution in [1.29, 1.82) is 0 Å². The smallest absolute Gasteiger partial charge is 0.298 e. The van der Waals surface area contributed by atoms with Crippen LogP contribution in [0, 0.1) is 18.6 Å². The Hall–Kier alpha value is -4.47. The number of rotatable bonds is 5. The highest BCUT2D eigenvalue weighted by molar-refractivity contribution is 5.82. The first-order valence-corrected chi connectivity index (χ1v) is 11.0. The fraction of sp³-hybridized carbons (Fsp3) is 0.111. The van der Waals surface area contributed by atoms with E-state index in [0.29, 0.717) is 28.8 Å². The van der Waals surface area contributed by atoms with E-state index in [-0.39, 0.29) is 34.6 Å². The molecule has 0 bridgehead atoms. The van der Waals surface area contributed by atoms with Gasteiger partial charge in [-0.25, -0.2) is 18.7 Å². The summed E-state index contributed by atoms with van der Waals surface area (Å²) in [4.78, 5) is 20.3. The summed E-state index contributed by atoms with van der Waals surface area (Å²) >= 11 is 0. The van der Waals surface area contributed by atoms with Crippen LogP contribution < -0.4 is 0 Å². The number of halogens is 5. The summed E-state index contributed by atoms with van der Waals surface area (Å²) in [7, 11) is 0. The van der Waals surface area contributed by atoms with Gasteiger partial charge in [-0.3, -0.25) is 9.48 Å². The molecular weight excluding hydrogens is 491 g/mol. The molecule has 5 rings (SSSR count). The Morgan fingerprint density at radius 1 is 0.946 bits per heavy atom. The van der Waals surface area contributed by atoms with Gasteiger partial charge in [-0.15, -0.1) is 0 Å². The van der Waals surface area contributed by atoms with Gasteiger partial charge in [0.25, 0.3) is 0 Å². The molecule has 3 aromatic carbocycles. The van der Waals surface area contributed by atoms with Crippen LogP contribution in [0.2, 0.25) is 0 Å². The van der Waals surface area contributed by atoms with Gasteiger partial charge >= 0.3 is 6.18 Å². The number of hydrogen-bond acceptors (Lipinski definition) is 4. The largest absolute Gasteiger partial charge is 0.417 e. The molecule has 37 heavy (non-hydrogen) atoms. The van der Waals surface area contributed by atoms with E-state index in [9.17, 15) is 26.7 Å². The molecule has 0 N–H and O–H groups in total. The molecule has 2 heterocycles. The van der Waals surface area contributed by atoms with Crippen molar-refractivity contribution in [3.8, 4) is 33.9 Å². The number of hydrogen-bond donors (Lipinski definition) is 0. The lowest BCUT2D eigenvalue weighted by atomic mass is 9.94. The quantitative estimate of drug-likeness (QED) is 0.199. The van der Waals surface area contributed by atoms with Crippen molar-refractivity contribution in [2.75, 3.05) is 0 Å². The summed E-state index contributed by atoms with van der Waals surface area (Å²) in [5.41, 5.74) is 1.30. The fourth-order valence-corrected chi connectivity index (χ4v) is 4.08. The Bertz CT molecular complexity index is 1610. The van der Waals surface area contributed by atoms with Crippen LogP contribution in [0.3, 0.4) is 0 Å². The number of aldehydes is 1. The minimum Gasteiger partial charge on any atom is -0.298 e. The normalized spacial score (nSPS) is 11.7. The standard InChI is InChI=1S/C27H17F5N4O/c1-15-5-8-19(21(9-15)27(30,31)32)16-6-7-17(18(10-16)14-37)12-36-13-24-23(11-33-36)34-26(35-24)20-3-2-4-22(28)25(20)29/h2-11,13-14H,12H2,1H3. The Kier molecular flexibility index (Phi) is 6.02. The van der Waals surface area contributed by atoms with E-state index in [2.05, 4.69) is 15.1 Å². The highest BCUT2D eigenvalue weighted by Gasteiger charge is 2.33. The van der Waals surface area contributed by atoms with Crippen molar-refractivity contribution in [3.63, 3.8) is 0 Å². The van der Waals surface area contributed by atoms with E-state index >= 15 is 0 Å². The molecule has 10 heteroatoms. The van der Waals surface area contributed by atoms with Crippen LogP contribution in [0.25, 0.3) is 33.9 Å². The van der Waals surface area contributed by atoms with E-state index in [4.69, 9.17) is 0 Å². The molecule has 0 fully saturated rings. The third kappa shape index (κ3) is 4.69. The average molecular weight is 508 g/mol. The first-order valence-electron chi connectivity index (χ1n) is 11.0. The zero-order valence-corrected chi connectivity index (χ0v) is 19.2. The van der Waals surface area contributed by atoms with Gasteiger partial charge in [-0.05, 0) is 47.9 Å². The molecule has 0 spiro atoms. The van der Waals surface area contributed by atoms with Crippen molar-refractivity contribution < 1.29 is 26.7 Å². The van der Waals surface area contributed by atoms with Crippen molar-refractivity contribution in [2.45, 2.75) is 19.6 Å². The summed E-state index contributed by atoms with van der Waals surface area (Å²) in [5, 5.41) is 4.24. The molecule has 0 saturated heterocycles. The number of nitrogens with zero attached hydrogens (tertiary/aromatic N) is 4. The predicted octanol–water partition coefficient (Wildman–Crippen LogP) is 6.58. The number of aryl methyl sites for hydroxylation is 1. The lowest BCUT2D eigenvalue weighted by Crippen LogP contribution is -2.09. The Balaban J connectivity index is 1.48. The van der Waals surface area contributed by atoms with Crippen LogP contribution in [0.5, 0.6) is 0 Å². The minimum absolute atomic E-state index is 0.00282. The van der Waals surface area contributed by atoms with E-state index in [0.717, 1.165) is 12.1 Å². The lowest BCUT2D eigenvalue weighted by Gasteiger charge is -2.15. The maximum Gasteiger partial charge on any atom is 0.417 e. The van der Waals surface area contributed by atoms with Crippen molar-refractivity contribution in [3.05, 3.63) is 101 Å². The summed E-state index contributed by atoms with van der Waals surface area (Å²) in [6.07, 6.45) is -1.04. The Morgan fingerprint density at radius 2 is 1.73 bits per heavy atom. The van der Waals surface area contributed by atoms with Crippen LogP contribution in [-0.2, 0) is 12.7 Å². The zero-order valence-electron chi connectivity index (χ0n) is 19.2. The molecule has 0 aliphatic carbocycles.